The van der Waals surface area contributed by atoms with Gasteiger partial charge < -0.3 is 19.9 Å². The van der Waals surface area contributed by atoms with E-state index in [-0.39, 0.29) is 49.3 Å². The Kier molecular flexibility index (Phi) is 15.5. The van der Waals surface area contributed by atoms with Gasteiger partial charge in [-0.05, 0) is 64.1 Å². The van der Waals surface area contributed by atoms with Gasteiger partial charge in [-0.3, -0.25) is 4.90 Å². The summed E-state index contributed by atoms with van der Waals surface area (Å²) in [7, 11) is 1.70. The summed E-state index contributed by atoms with van der Waals surface area (Å²) in [5.41, 5.74) is 8.53. The van der Waals surface area contributed by atoms with Crippen LogP contribution >= 0.6 is 37.2 Å². The highest BCUT2D eigenvalue weighted by atomic mass is 35.5. The van der Waals surface area contributed by atoms with E-state index in [1.54, 1.807) is 7.11 Å². The van der Waals surface area contributed by atoms with Crippen LogP contribution in [-0.2, 0) is 11.2 Å². The lowest BCUT2D eigenvalue weighted by molar-refractivity contribution is 0.0939. The van der Waals surface area contributed by atoms with Crippen LogP contribution in [0.25, 0.3) is 10.9 Å². The topological polar surface area (TPSA) is 69.8 Å². The lowest BCUT2D eigenvalue weighted by Gasteiger charge is -2.42. The minimum Gasteiger partial charge on any atom is -0.491 e. The van der Waals surface area contributed by atoms with Gasteiger partial charge in [-0.2, -0.15) is 0 Å². The van der Waals surface area contributed by atoms with E-state index >= 15 is 0 Å². The second-order valence-corrected chi connectivity index (χ2v) is 10.3. The third kappa shape index (κ3) is 9.01. The number of benzene rings is 1. The van der Waals surface area contributed by atoms with Crippen molar-refractivity contribution in [1.82, 2.24) is 9.88 Å². The smallest absolute Gasteiger partial charge is 0.145 e. The molecule has 2 atom stereocenters. The van der Waals surface area contributed by atoms with Gasteiger partial charge in [-0.25, -0.2) is 4.98 Å². The van der Waals surface area contributed by atoms with Crippen LogP contribution in [0.1, 0.15) is 64.5 Å². The second kappa shape index (κ2) is 16.8. The number of para-hydroxylation sites is 1. The van der Waals surface area contributed by atoms with Crippen LogP contribution in [0.4, 0.5) is 0 Å². The number of ether oxygens (including phenoxy) is 3. The molecule has 1 saturated heterocycles. The van der Waals surface area contributed by atoms with Gasteiger partial charge in [0.2, 0.25) is 0 Å². The molecule has 0 spiro atoms. The van der Waals surface area contributed by atoms with E-state index in [4.69, 9.17) is 24.9 Å². The van der Waals surface area contributed by atoms with Gasteiger partial charge >= 0.3 is 0 Å². The first-order valence-corrected chi connectivity index (χ1v) is 13.2. The monoisotopic (exact) mass is 577 g/mol. The maximum atomic E-state index is 6.62. The molecular formula is C28H46Cl3N3O3. The number of halogens is 3. The Morgan fingerprint density at radius 1 is 0.973 bits per heavy atom. The van der Waals surface area contributed by atoms with E-state index in [2.05, 4.69) is 30.9 Å². The van der Waals surface area contributed by atoms with E-state index < -0.39 is 0 Å². The van der Waals surface area contributed by atoms with Crippen molar-refractivity contribution in [2.24, 2.45) is 11.7 Å². The summed E-state index contributed by atoms with van der Waals surface area (Å²) < 4.78 is 17.8. The normalized spacial score (nSPS) is 20.6. The summed E-state index contributed by atoms with van der Waals surface area (Å²) in [6.45, 7) is 7.43. The minimum absolute atomic E-state index is 0. The largest absolute Gasteiger partial charge is 0.491 e. The average Bonchev–Trinajstić information content (AvgIpc) is 2.84. The molecule has 6 nitrogen and oxygen atoms in total. The van der Waals surface area contributed by atoms with Crippen LogP contribution in [0.15, 0.2) is 24.3 Å². The van der Waals surface area contributed by atoms with Crippen molar-refractivity contribution in [2.75, 3.05) is 33.5 Å². The number of nitrogens with zero attached hydrogens (tertiary/aromatic N) is 2. The van der Waals surface area contributed by atoms with Crippen molar-refractivity contribution >= 4 is 48.1 Å². The van der Waals surface area contributed by atoms with Crippen LogP contribution in [0.5, 0.6) is 11.5 Å². The highest BCUT2D eigenvalue weighted by molar-refractivity contribution is 5.90. The first-order chi connectivity index (χ1) is 16.6. The maximum Gasteiger partial charge on any atom is 0.145 e. The second-order valence-electron chi connectivity index (χ2n) is 10.3. The maximum absolute atomic E-state index is 6.62. The Morgan fingerprint density at radius 3 is 2.43 bits per heavy atom. The molecule has 2 fully saturated rings. The number of rotatable bonds is 10. The number of fused-ring (bicyclic) bond motifs is 1. The van der Waals surface area contributed by atoms with Crippen molar-refractivity contribution in [2.45, 2.75) is 83.3 Å². The van der Waals surface area contributed by atoms with Crippen molar-refractivity contribution in [3.63, 3.8) is 0 Å². The van der Waals surface area contributed by atoms with Gasteiger partial charge in [0.15, 0.2) is 0 Å². The molecule has 9 heteroatoms. The molecule has 4 rings (SSSR count). The van der Waals surface area contributed by atoms with Gasteiger partial charge in [-0.15, -0.1) is 37.2 Å². The number of likely N-dealkylation sites (tertiary alicyclic amines) is 1. The molecule has 1 aromatic carbocycles. The molecule has 1 saturated carbocycles. The molecule has 0 bridgehead atoms. The summed E-state index contributed by atoms with van der Waals surface area (Å²) in [5, 5.41) is 0.995. The molecule has 0 amide bonds. The van der Waals surface area contributed by atoms with E-state index in [0.29, 0.717) is 25.2 Å². The quantitative estimate of drug-likeness (QED) is 0.337. The lowest BCUT2D eigenvalue weighted by atomic mass is 9.90. The van der Waals surface area contributed by atoms with Crippen LogP contribution in [0.3, 0.4) is 0 Å². The highest BCUT2D eigenvalue weighted by Gasteiger charge is 2.31. The molecule has 2 heterocycles. The number of aromatic nitrogens is 1. The number of hydrogen-bond acceptors (Lipinski definition) is 6. The van der Waals surface area contributed by atoms with Crippen molar-refractivity contribution < 1.29 is 14.2 Å². The fourth-order valence-electron chi connectivity index (χ4n) is 5.62. The van der Waals surface area contributed by atoms with Crippen molar-refractivity contribution in [3.8, 4) is 11.5 Å². The molecule has 0 radical (unpaired) electrons. The number of pyridine rings is 1. The zero-order valence-electron chi connectivity index (χ0n) is 22.5. The first kappa shape index (κ1) is 34.0. The van der Waals surface area contributed by atoms with Crippen molar-refractivity contribution in [1.29, 1.82) is 0 Å². The Bertz CT molecular complexity index is 928. The number of hydrogen-bond donors (Lipinski definition) is 1. The van der Waals surface area contributed by atoms with E-state index in [9.17, 15) is 0 Å². The zero-order valence-corrected chi connectivity index (χ0v) is 25.0. The number of methoxy groups -OCH3 is 1. The molecule has 1 unspecified atom stereocenters. The minimum atomic E-state index is 0. The van der Waals surface area contributed by atoms with Crippen LogP contribution < -0.4 is 15.2 Å². The Balaban J connectivity index is 0.00000228. The van der Waals surface area contributed by atoms with Gasteiger partial charge in [0.25, 0.3) is 0 Å². The lowest BCUT2D eigenvalue weighted by Crippen LogP contribution is -2.55. The predicted molar refractivity (Wildman–Crippen MR) is 159 cm³/mol. The van der Waals surface area contributed by atoms with Crippen LogP contribution in [0.2, 0.25) is 0 Å². The summed E-state index contributed by atoms with van der Waals surface area (Å²) >= 11 is 0. The highest BCUT2D eigenvalue weighted by Crippen LogP contribution is 2.34. The SMILES string of the molecule is COCCOc1cc(C[C@@H]2C(N)CCCN2C(C)C)nc2c(OCC3CCCCC3)cccc12.Cl.Cl.Cl. The summed E-state index contributed by atoms with van der Waals surface area (Å²) in [5.74, 6) is 2.35. The fraction of sp³-hybridized carbons (Fsp3) is 0.679. The summed E-state index contributed by atoms with van der Waals surface area (Å²) in [6.07, 6.45) is 9.55. The molecule has 1 aliphatic heterocycles. The molecule has 37 heavy (non-hydrogen) atoms. The molecule has 2 N–H and O–H groups in total. The molecule has 1 aromatic heterocycles. The third-order valence-corrected chi connectivity index (χ3v) is 7.52. The van der Waals surface area contributed by atoms with Gasteiger partial charge in [0.05, 0.1) is 13.2 Å². The average molecular weight is 579 g/mol. The molecule has 1 aliphatic carbocycles. The molecule has 2 aliphatic rings. The Morgan fingerprint density at radius 2 is 1.73 bits per heavy atom. The first-order valence-electron chi connectivity index (χ1n) is 13.2. The zero-order chi connectivity index (χ0) is 23.9. The van der Waals surface area contributed by atoms with E-state index in [0.717, 1.165) is 60.5 Å². The molecule has 2 aromatic rings. The van der Waals surface area contributed by atoms with E-state index in [1.165, 1.54) is 32.1 Å². The Labute approximate surface area is 241 Å². The van der Waals surface area contributed by atoms with Crippen LogP contribution in [0, 0.1) is 5.92 Å². The van der Waals surface area contributed by atoms with Crippen molar-refractivity contribution in [3.05, 3.63) is 30.0 Å². The summed E-state index contributed by atoms with van der Waals surface area (Å²) in [4.78, 5) is 7.67. The fourth-order valence-corrected chi connectivity index (χ4v) is 5.62. The predicted octanol–water partition coefficient (Wildman–Crippen LogP) is 6.23. The number of nitrogens with two attached hydrogens (primary N) is 1. The summed E-state index contributed by atoms with van der Waals surface area (Å²) in [6, 6.07) is 9.17. The number of piperidine rings is 1. The molecular weight excluding hydrogens is 533 g/mol. The van der Waals surface area contributed by atoms with Gasteiger partial charge in [0.1, 0.15) is 23.6 Å². The van der Waals surface area contributed by atoms with Gasteiger partial charge in [0, 0.05) is 48.8 Å². The van der Waals surface area contributed by atoms with E-state index in [1.807, 2.05) is 12.1 Å². The molecule has 212 valence electrons. The third-order valence-electron chi connectivity index (χ3n) is 7.52. The Hall–Kier alpha value is -1.02. The van der Waals surface area contributed by atoms with Gasteiger partial charge in [-0.1, -0.05) is 25.3 Å². The standard InChI is InChI=1S/C28H43N3O3.3ClH/c1-20(2)31-14-8-12-24(29)25(31)17-22-18-27(33-16-15-32-3)23-11-7-13-26(28(23)30-22)34-19-21-9-5-4-6-10-21;;;/h7,11,13,18,20-21,24-25H,4-6,8-10,12,14-17,19,29H2,1-3H3;3*1H/t24?,25-;;;/m1.../s1. The van der Waals surface area contributed by atoms with Crippen LogP contribution in [-0.4, -0.2) is 61.5 Å².